The molecule has 2 N–H and O–H groups in total. The number of aromatic nitrogens is 1. The van der Waals surface area contributed by atoms with E-state index in [0.29, 0.717) is 29.1 Å². The van der Waals surface area contributed by atoms with E-state index in [1.165, 1.54) is 17.3 Å². The van der Waals surface area contributed by atoms with Crippen molar-refractivity contribution in [2.75, 3.05) is 19.6 Å². The fraction of sp³-hybridized carbons (Fsp3) is 0.409. The lowest BCUT2D eigenvalue weighted by Gasteiger charge is -2.37. The molecule has 1 aromatic heterocycles. The van der Waals surface area contributed by atoms with Gasteiger partial charge in [-0.05, 0) is 43.4 Å². The normalized spacial score (nSPS) is 24.7. The topological polar surface area (TPSA) is 81.0 Å². The van der Waals surface area contributed by atoms with E-state index in [2.05, 4.69) is 47.0 Å². The maximum absolute atomic E-state index is 12.9. The molecule has 3 heterocycles. The van der Waals surface area contributed by atoms with Gasteiger partial charge in [-0.25, -0.2) is 4.98 Å². The first kappa shape index (κ1) is 18.6. The molecule has 3 unspecified atom stereocenters. The number of likely N-dealkylation sites (tertiary alicyclic amines) is 1. The standard InChI is InChI=1S/C22H25N5O/c1-15-4-6-16(7-5-15)20-13-25-26-21(20)18-3-2-10-27(14-18)22(28)17-8-9-19(11-23)24-12-17/h4-9,12,18,20-21,25-26H,2-3,10,13-14H2,1H3. The summed E-state index contributed by atoms with van der Waals surface area (Å²) in [6.45, 7) is 4.51. The first-order valence-corrected chi connectivity index (χ1v) is 9.86. The molecule has 6 heteroatoms. The summed E-state index contributed by atoms with van der Waals surface area (Å²) < 4.78 is 0. The van der Waals surface area contributed by atoms with Crippen molar-refractivity contribution in [3.8, 4) is 6.07 Å². The van der Waals surface area contributed by atoms with Gasteiger partial charge in [-0.15, -0.1) is 0 Å². The van der Waals surface area contributed by atoms with Crippen molar-refractivity contribution in [3.05, 3.63) is 65.0 Å². The van der Waals surface area contributed by atoms with Gasteiger partial charge in [-0.1, -0.05) is 29.8 Å². The van der Waals surface area contributed by atoms with Crippen LogP contribution < -0.4 is 10.9 Å². The second-order valence-corrected chi connectivity index (χ2v) is 7.77. The van der Waals surface area contributed by atoms with Gasteiger partial charge in [0.25, 0.3) is 5.91 Å². The van der Waals surface area contributed by atoms with Gasteiger partial charge in [-0.3, -0.25) is 15.6 Å². The number of piperidine rings is 1. The first-order chi connectivity index (χ1) is 13.7. The number of hydrogen-bond donors (Lipinski definition) is 2. The van der Waals surface area contributed by atoms with Crippen LogP contribution in [0.15, 0.2) is 42.6 Å². The number of benzene rings is 1. The molecular formula is C22H25N5O. The second-order valence-electron chi connectivity index (χ2n) is 7.77. The van der Waals surface area contributed by atoms with Crippen molar-refractivity contribution < 1.29 is 4.79 Å². The average molecular weight is 375 g/mol. The van der Waals surface area contributed by atoms with Crippen LogP contribution in [0.25, 0.3) is 0 Å². The van der Waals surface area contributed by atoms with E-state index in [1.807, 2.05) is 11.0 Å². The number of aryl methyl sites for hydroxylation is 1. The maximum Gasteiger partial charge on any atom is 0.255 e. The predicted octanol–water partition coefficient (Wildman–Crippen LogP) is 2.37. The molecule has 4 rings (SSSR count). The minimum atomic E-state index is -0.000433. The van der Waals surface area contributed by atoms with Gasteiger partial charge < -0.3 is 4.90 Å². The van der Waals surface area contributed by atoms with Crippen LogP contribution >= 0.6 is 0 Å². The largest absolute Gasteiger partial charge is 0.338 e. The van der Waals surface area contributed by atoms with Crippen LogP contribution in [-0.4, -0.2) is 41.5 Å². The molecule has 6 nitrogen and oxygen atoms in total. The molecule has 1 amide bonds. The van der Waals surface area contributed by atoms with Gasteiger partial charge in [0.15, 0.2) is 0 Å². The first-order valence-electron chi connectivity index (χ1n) is 9.86. The third-order valence-corrected chi connectivity index (χ3v) is 5.91. The third kappa shape index (κ3) is 3.77. The second kappa shape index (κ2) is 8.09. The molecule has 2 saturated heterocycles. The number of carbonyl (C=O) groups is 1. The number of nitriles is 1. The monoisotopic (exact) mass is 375 g/mol. The summed E-state index contributed by atoms with van der Waals surface area (Å²) in [5, 5.41) is 8.89. The molecule has 0 aliphatic carbocycles. The maximum atomic E-state index is 12.9. The van der Waals surface area contributed by atoms with Gasteiger partial charge in [-0.2, -0.15) is 5.26 Å². The molecule has 2 fully saturated rings. The Morgan fingerprint density at radius 3 is 2.79 bits per heavy atom. The molecule has 0 saturated carbocycles. The number of nitrogens with zero attached hydrogens (tertiary/aromatic N) is 3. The summed E-state index contributed by atoms with van der Waals surface area (Å²) in [5.41, 5.74) is 10.3. The fourth-order valence-corrected chi connectivity index (χ4v) is 4.36. The molecule has 0 spiro atoms. The highest BCUT2D eigenvalue weighted by Crippen LogP contribution is 2.32. The molecule has 144 valence electrons. The number of hydrogen-bond acceptors (Lipinski definition) is 5. The van der Waals surface area contributed by atoms with Crippen molar-refractivity contribution in [2.45, 2.75) is 31.7 Å². The van der Waals surface area contributed by atoms with E-state index in [0.717, 1.165) is 32.5 Å². The fourth-order valence-electron chi connectivity index (χ4n) is 4.36. The minimum absolute atomic E-state index is 0.000433. The molecule has 2 aromatic rings. The Labute approximate surface area is 165 Å². The lowest BCUT2D eigenvalue weighted by atomic mass is 9.81. The van der Waals surface area contributed by atoms with E-state index in [1.54, 1.807) is 12.1 Å². The summed E-state index contributed by atoms with van der Waals surface area (Å²) in [4.78, 5) is 18.9. The Morgan fingerprint density at radius 2 is 2.07 bits per heavy atom. The number of hydrazine groups is 1. The van der Waals surface area contributed by atoms with Crippen molar-refractivity contribution in [2.24, 2.45) is 5.92 Å². The van der Waals surface area contributed by atoms with Crippen molar-refractivity contribution in [1.29, 1.82) is 5.26 Å². The zero-order valence-electron chi connectivity index (χ0n) is 16.1. The Balaban J connectivity index is 1.47. The van der Waals surface area contributed by atoms with Crippen LogP contribution in [0.3, 0.4) is 0 Å². The van der Waals surface area contributed by atoms with Crippen LogP contribution in [0, 0.1) is 24.2 Å². The molecule has 1 aromatic carbocycles. The molecule has 0 radical (unpaired) electrons. The van der Waals surface area contributed by atoms with Crippen LogP contribution in [0.1, 0.15) is 45.9 Å². The van der Waals surface area contributed by atoms with E-state index >= 15 is 0 Å². The van der Waals surface area contributed by atoms with Crippen LogP contribution in [0.2, 0.25) is 0 Å². The van der Waals surface area contributed by atoms with E-state index < -0.39 is 0 Å². The Morgan fingerprint density at radius 1 is 1.25 bits per heavy atom. The summed E-state index contributed by atoms with van der Waals surface area (Å²) in [6, 6.07) is 14.4. The zero-order valence-corrected chi connectivity index (χ0v) is 16.1. The quantitative estimate of drug-likeness (QED) is 0.861. The molecular weight excluding hydrogens is 350 g/mol. The number of amides is 1. The van der Waals surface area contributed by atoms with Gasteiger partial charge in [0.2, 0.25) is 0 Å². The summed E-state index contributed by atoms with van der Waals surface area (Å²) in [5.74, 6) is 0.794. The van der Waals surface area contributed by atoms with Gasteiger partial charge in [0, 0.05) is 37.8 Å². The summed E-state index contributed by atoms with van der Waals surface area (Å²) >= 11 is 0. The SMILES string of the molecule is Cc1ccc(C2CNNC2C2CCCN(C(=O)c3ccc(C#N)nc3)C2)cc1. The number of nitrogens with one attached hydrogen (secondary N) is 2. The highest BCUT2D eigenvalue weighted by Gasteiger charge is 2.37. The van der Waals surface area contributed by atoms with Gasteiger partial charge in [0.05, 0.1) is 5.56 Å². The lowest BCUT2D eigenvalue weighted by Crippen LogP contribution is -2.48. The lowest BCUT2D eigenvalue weighted by molar-refractivity contribution is 0.0644. The summed E-state index contributed by atoms with van der Waals surface area (Å²) in [7, 11) is 0. The van der Waals surface area contributed by atoms with Crippen molar-refractivity contribution in [3.63, 3.8) is 0 Å². The number of carbonyl (C=O) groups excluding carboxylic acids is 1. The van der Waals surface area contributed by atoms with Crippen molar-refractivity contribution >= 4 is 5.91 Å². The van der Waals surface area contributed by atoms with Crippen LogP contribution in [0.5, 0.6) is 0 Å². The smallest absolute Gasteiger partial charge is 0.255 e. The molecule has 28 heavy (non-hydrogen) atoms. The van der Waals surface area contributed by atoms with E-state index in [4.69, 9.17) is 5.26 Å². The number of pyridine rings is 1. The third-order valence-electron chi connectivity index (χ3n) is 5.91. The van der Waals surface area contributed by atoms with E-state index in [9.17, 15) is 4.79 Å². The Bertz CT molecular complexity index is 871. The molecule has 0 bridgehead atoms. The Kier molecular flexibility index (Phi) is 5.38. The van der Waals surface area contributed by atoms with Gasteiger partial charge in [0.1, 0.15) is 11.8 Å². The molecule has 2 aliphatic rings. The Hall–Kier alpha value is -2.75. The average Bonchev–Trinajstić information content (AvgIpc) is 3.24. The predicted molar refractivity (Wildman–Crippen MR) is 106 cm³/mol. The number of rotatable bonds is 3. The van der Waals surface area contributed by atoms with E-state index in [-0.39, 0.29) is 5.91 Å². The minimum Gasteiger partial charge on any atom is -0.338 e. The highest BCUT2D eigenvalue weighted by molar-refractivity contribution is 5.94. The van der Waals surface area contributed by atoms with Gasteiger partial charge >= 0.3 is 0 Å². The summed E-state index contributed by atoms with van der Waals surface area (Å²) in [6.07, 6.45) is 3.62. The van der Waals surface area contributed by atoms with Crippen molar-refractivity contribution in [1.82, 2.24) is 20.7 Å². The zero-order chi connectivity index (χ0) is 19.5. The van der Waals surface area contributed by atoms with Crippen LogP contribution in [-0.2, 0) is 0 Å². The van der Waals surface area contributed by atoms with Crippen LogP contribution in [0.4, 0.5) is 0 Å². The molecule has 3 atom stereocenters. The molecule has 2 aliphatic heterocycles. The highest BCUT2D eigenvalue weighted by atomic mass is 16.2.